The fraction of sp³-hybridized carbons (Fsp3) is 0.182. The number of aromatic amines is 1. The SMILES string of the molecule is C=CCn1c(COc2ccccc2OC)nnc1SCc1nc2ccccc2c(=O)[nH]1. The number of nitrogens with zero attached hydrogens (tertiary/aromatic N) is 4. The molecule has 0 unspecified atom stereocenters. The number of thioether (sulfide) groups is 1. The van der Waals surface area contributed by atoms with Gasteiger partial charge in [0.2, 0.25) is 0 Å². The van der Waals surface area contributed by atoms with E-state index in [1.54, 1.807) is 19.3 Å². The van der Waals surface area contributed by atoms with Crippen molar-refractivity contribution in [3.8, 4) is 11.5 Å². The second-order valence-electron chi connectivity index (χ2n) is 6.56. The van der Waals surface area contributed by atoms with Crippen LogP contribution in [0.5, 0.6) is 11.5 Å². The van der Waals surface area contributed by atoms with Gasteiger partial charge in [-0.1, -0.05) is 42.1 Å². The maximum absolute atomic E-state index is 12.3. The number of ether oxygens (including phenoxy) is 2. The van der Waals surface area contributed by atoms with Crippen molar-refractivity contribution in [2.45, 2.75) is 24.1 Å². The zero-order valence-electron chi connectivity index (χ0n) is 16.9. The van der Waals surface area contributed by atoms with E-state index in [9.17, 15) is 4.79 Å². The number of nitrogens with one attached hydrogen (secondary N) is 1. The number of aromatic nitrogens is 5. The minimum atomic E-state index is -0.153. The molecule has 158 valence electrons. The molecule has 0 saturated heterocycles. The van der Waals surface area contributed by atoms with Crippen LogP contribution in [0.1, 0.15) is 11.6 Å². The number of para-hydroxylation sites is 3. The molecule has 0 amide bonds. The second-order valence-corrected chi connectivity index (χ2v) is 7.50. The average Bonchev–Trinajstić information content (AvgIpc) is 3.18. The summed E-state index contributed by atoms with van der Waals surface area (Å²) in [6.07, 6.45) is 1.77. The molecule has 1 N–H and O–H groups in total. The van der Waals surface area contributed by atoms with Gasteiger partial charge in [-0.2, -0.15) is 0 Å². The molecule has 4 aromatic rings. The lowest BCUT2D eigenvalue weighted by atomic mass is 10.2. The van der Waals surface area contributed by atoms with E-state index in [1.165, 1.54) is 11.8 Å². The lowest BCUT2D eigenvalue weighted by molar-refractivity contribution is 0.271. The number of benzene rings is 2. The van der Waals surface area contributed by atoms with E-state index in [1.807, 2.05) is 47.0 Å². The topological polar surface area (TPSA) is 94.9 Å². The Kier molecular flexibility index (Phi) is 6.32. The number of allylic oxidation sites excluding steroid dienone is 1. The van der Waals surface area contributed by atoms with Crippen molar-refractivity contribution >= 4 is 22.7 Å². The van der Waals surface area contributed by atoms with Crippen LogP contribution in [0.25, 0.3) is 10.9 Å². The van der Waals surface area contributed by atoms with Gasteiger partial charge in [0.15, 0.2) is 22.5 Å². The molecule has 0 radical (unpaired) electrons. The predicted octanol–water partition coefficient (Wildman–Crippen LogP) is 3.58. The van der Waals surface area contributed by atoms with Gasteiger partial charge in [-0.05, 0) is 24.3 Å². The zero-order chi connectivity index (χ0) is 21.6. The number of rotatable bonds is 9. The Balaban J connectivity index is 1.51. The van der Waals surface area contributed by atoms with E-state index in [4.69, 9.17) is 9.47 Å². The minimum absolute atomic E-state index is 0.153. The first-order valence-corrected chi connectivity index (χ1v) is 10.6. The van der Waals surface area contributed by atoms with Crippen molar-refractivity contribution in [1.29, 1.82) is 0 Å². The maximum atomic E-state index is 12.3. The van der Waals surface area contributed by atoms with Gasteiger partial charge in [-0.15, -0.1) is 16.8 Å². The van der Waals surface area contributed by atoms with Gasteiger partial charge >= 0.3 is 0 Å². The monoisotopic (exact) mass is 435 g/mol. The summed E-state index contributed by atoms with van der Waals surface area (Å²) in [7, 11) is 1.60. The maximum Gasteiger partial charge on any atom is 0.258 e. The molecule has 31 heavy (non-hydrogen) atoms. The summed E-state index contributed by atoms with van der Waals surface area (Å²) in [5.41, 5.74) is 0.514. The highest BCUT2D eigenvalue weighted by molar-refractivity contribution is 7.98. The van der Waals surface area contributed by atoms with Crippen LogP contribution in [0.15, 0.2) is 71.1 Å². The van der Waals surface area contributed by atoms with Crippen LogP contribution in [0, 0.1) is 0 Å². The molecule has 0 atom stereocenters. The van der Waals surface area contributed by atoms with Crippen LogP contribution in [-0.4, -0.2) is 31.8 Å². The Morgan fingerprint density at radius 2 is 1.90 bits per heavy atom. The molecule has 9 heteroatoms. The summed E-state index contributed by atoms with van der Waals surface area (Å²) < 4.78 is 13.1. The standard InChI is InChI=1S/C22H21N5O3S/c1-3-12-27-20(13-30-18-11-7-6-10-17(18)29-2)25-26-22(27)31-14-19-23-16-9-5-4-8-15(16)21(28)24-19/h3-11H,1,12-14H2,2H3,(H,23,24,28). The molecule has 0 bridgehead atoms. The molecule has 4 rings (SSSR count). The smallest absolute Gasteiger partial charge is 0.258 e. The summed E-state index contributed by atoms with van der Waals surface area (Å²) in [5.74, 6) is 2.97. The van der Waals surface area contributed by atoms with Crippen LogP contribution < -0.4 is 15.0 Å². The van der Waals surface area contributed by atoms with Gasteiger partial charge in [0.25, 0.3) is 5.56 Å². The third kappa shape index (κ3) is 4.61. The highest BCUT2D eigenvalue weighted by Crippen LogP contribution is 2.27. The molecular formula is C22H21N5O3S. The third-order valence-electron chi connectivity index (χ3n) is 4.53. The number of hydrogen-bond acceptors (Lipinski definition) is 7. The van der Waals surface area contributed by atoms with Gasteiger partial charge in [-0.3, -0.25) is 9.36 Å². The van der Waals surface area contributed by atoms with Crippen molar-refractivity contribution in [2.75, 3.05) is 7.11 Å². The summed E-state index contributed by atoms with van der Waals surface area (Å²) >= 11 is 1.44. The lowest BCUT2D eigenvalue weighted by Crippen LogP contribution is -2.11. The van der Waals surface area contributed by atoms with Crippen molar-refractivity contribution < 1.29 is 9.47 Å². The van der Waals surface area contributed by atoms with Crippen molar-refractivity contribution in [3.05, 3.63) is 83.2 Å². The molecule has 2 aromatic heterocycles. The highest BCUT2D eigenvalue weighted by atomic mass is 32.2. The Morgan fingerprint density at radius 1 is 1.13 bits per heavy atom. The third-order valence-corrected chi connectivity index (χ3v) is 5.51. The van der Waals surface area contributed by atoms with Crippen molar-refractivity contribution in [3.63, 3.8) is 0 Å². The van der Waals surface area contributed by atoms with E-state index >= 15 is 0 Å². The van der Waals surface area contributed by atoms with Gasteiger partial charge in [-0.25, -0.2) is 4.98 Å². The molecule has 0 aliphatic carbocycles. The first-order chi connectivity index (χ1) is 15.2. The Morgan fingerprint density at radius 3 is 2.71 bits per heavy atom. The Bertz CT molecular complexity index is 1270. The number of H-pyrrole nitrogens is 1. The lowest BCUT2D eigenvalue weighted by Gasteiger charge is -2.11. The molecule has 0 aliphatic heterocycles. The van der Waals surface area contributed by atoms with Gasteiger partial charge in [0.05, 0.1) is 23.8 Å². The molecule has 0 fully saturated rings. The van der Waals surface area contributed by atoms with Crippen LogP contribution >= 0.6 is 11.8 Å². The largest absolute Gasteiger partial charge is 0.493 e. The quantitative estimate of drug-likeness (QED) is 0.317. The number of fused-ring (bicyclic) bond motifs is 1. The fourth-order valence-corrected chi connectivity index (χ4v) is 3.90. The molecule has 2 heterocycles. The second kappa shape index (κ2) is 9.48. The van der Waals surface area contributed by atoms with E-state index in [0.717, 1.165) is 0 Å². The van der Waals surface area contributed by atoms with Gasteiger partial charge < -0.3 is 14.5 Å². The van der Waals surface area contributed by atoms with E-state index in [2.05, 4.69) is 26.7 Å². The van der Waals surface area contributed by atoms with E-state index in [-0.39, 0.29) is 12.2 Å². The zero-order valence-corrected chi connectivity index (χ0v) is 17.8. The van der Waals surface area contributed by atoms with Crippen LogP contribution in [0.4, 0.5) is 0 Å². The van der Waals surface area contributed by atoms with Crippen LogP contribution in [0.3, 0.4) is 0 Å². The first kappa shape index (κ1) is 20.7. The summed E-state index contributed by atoms with van der Waals surface area (Å²) in [4.78, 5) is 19.6. The van der Waals surface area contributed by atoms with Gasteiger partial charge in [0, 0.05) is 6.54 Å². The number of methoxy groups -OCH3 is 1. The predicted molar refractivity (Wildman–Crippen MR) is 119 cm³/mol. The fourth-order valence-electron chi connectivity index (χ4n) is 3.06. The number of hydrogen-bond donors (Lipinski definition) is 1. The molecule has 0 aliphatic rings. The summed E-state index contributed by atoms with van der Waals surface area (Å²) in [5, 5.41) is 9.82. The molecular weight excluding hydrogens is 414 g/mol. The summed E-state index contributed by atoms with van der Waals surface area (Å²) in [6.45, 7) is 4.58. The molecule has 0 saturated carbocycles. The summed E-state index contributed by atoms with van der Waals surface area (Å²) in [6, 6.07) is 14.7. The highest BCUT2D eigenvalue weighted by Gasteiger charge is 2.14. The van der Waals surface area contributed by atoms with Crippen molar-refractivity contribution in [1.82, 2.24) is 24.7 Å². The first-order valence-electron chi connectivity index (χ1n) is 9.59. The normalized spacial score (nSPS) is 10.9. The van der Waals surface area contributed by atoms with Gasteiger partial charge in [0.1, 0.15) is 12.4 Å². The Labute approximate surface area is 183 Å². The molecule has 2 aromatic carbocycles. The van der Waals surface area contributed by atoms with E-state index < -0.39 is 0 Å². The van der Waals surface area contributed by atoms with Crippen molar-refractivity contribution in [2.24, 2.45) is 0 Å². The molecule has 8 nitrogen and oxygen atoms in total. The van der Waals surface area contributed by atoms with Crippen LogP contribution in [-0.2, 0) is 18.9 Å². The van der Waals surface area contributed by atoms with E-state index in [0.29, 0.717) is 51.5 Å². The molecule has 0 spiro atoms. The Hall–Kier alpha value is -3.59. The average molecular weight is 436 g/mol. The minimum Gasteiger partial charge on any atom is -0.493 e. The van der Waals surface area contributed by atoms with Crippen LogP contribution in [0.2, 0.25) is 0 Å².